The van der Waals surface area contributed by atoms with Crippen molar-refractivity contribution < 1.29 is 5.11 Å². The minimum Gasteiger partial charge on any atom is -0.392 e. The highest BCUT2D eigenvalue weighted by Crippen LogP contribution is 2.26. The van der Waals surface area contributed by atoms with Crippen molar-refractivity contribution in [2.75, 3.05) is 6.54 Å². The molecular weight excluding hydrogens is 206 g/mol. The lowest BCUT2D eigenvalue weighted by Crippen LogP contribution is -2.26. The van der Waals surface area contributed by atoms with Crippen LogP contribution in [0.3, 0.4) is 0 Å². The molecule has 1 heterocycles. The number of thiophene rings is 1. The summed E-state index contributed by atoms with van der Waals surface area (Å²) in [6, 6.07) is 4.15. The third-order valence-electron chi connectivity index (χ3n) is 1.74. The van der Waals surface area contributed by atoms with Crippen LogP contribution in [0.5, 0.6) is 0 Å². The van der Waals surface area contributed by atoms with Crippen molar-refractivity contribution in [3.05, 3.63) is 21.3 Å². The summed E-state index contributed by atoms with van der Waals surface area (Å²) in [5.41, 5.74) is 0. The van der Waals surface area contributed by atoms with Crippen LogP contribution in [0.4, 0.5) is 0 Å². The van der Waals surface area contributed by atoms with Gasteiger partial charge < -0.3 is 10.4 Å². The van der Waals surface area contributed by atoms with Gasteiger partial charge in [0.1, 0.15) is 0 Å². The Kier molecular flexibility index (Phi) is 4.19. The fourth-order valence-corrected chi connectivity index (χ4v) is 2.10. The van der Waals surface area contributed by atoms with Crippen molar-refractivity contribution >= 4 is 22.9 Å². The number of hydrogen-bond acceptors (Lipinski definition) is 3. The van der Waals surface area contributed by atoms with E-state index < -0.39 is 0 Å². The predicted octanol–water partition coefficient (Wildman–Crippen LogP) is 2.43. The van der Waals surface area contributed by atoms with Crippen molar-refractivity contribution in [3.63, 3.8) is 0 Å². The lowest BCUT2D eigenvalue weighted by Gasteiger charge is -2.12. The second-order valence-corrected chi connectivity index (χ2v) is 4.87. The highest BCUT2D eigenvalue weighted by atomic mass is 35.5. The van der Waals surface area contributed by atoms with Crippen molar-refractivity contribution in [3.8, 4) is 0 Å². The molecule has 0 radical (unpaired) electrons. The zero-order chi connectivity index (χ0) is 9.84. The van der Waals surface area contributed by atoms with Crippen molar-refractivity contribution in [1.82, 2.24) is 5.32 Å². The average molecular weight is 220 g/mol. The molecule has 4 heteroatoms. The summed E-state index contributed by atoms with van der Waals surface area (Å²) in [4.78, 5) is 1.20. The van der Waals surface area contributed by atoms with Crippen LogP contribution >= 0.6 is 22.9 Å². The molecule has 0 fully saturated rings. The van der Waals surface area contributed by atoms with Gasteiger partial charge in [-0.3, -0.25) is 0 Å². The van der Waals surface area contributed by atoms with Crippen LogP contribution in [0, 0.1) is 0 Å². The van der Waals surface area contributed by atoms with Crippen LogP contribution in [0.2, 0.25) is 4.34 Å². The zero-order valence-electron chi connectivity index (χ0n) is 7.75. The molecule has 2 atom stereocenters. The fourth-order valence-electron chi connectivity index (χ4n) is 1.01. The number of hydrogen-bond donors (Lipinski definition) is 2. The van der Waals surface area contributed by atoms with Crippen LogP contribution in [0.1, 0.15) is 24.8 Å². The summed E-state index contributed by atoms with van der Waals surface area (Å²) < 4.78 is 0.806. The molecule has 1 aromatic heterocycles. The molecular formula is C9H14ClNOS. The van der Waals surface area contributed by atoms with E-state index in [4.69, 9.17) is 16.7 Å². The summed E-state index contributed by atoms with van der Waals surface area (Å²) in [5.74, 6) is 0. The van der Waals surface area contributed by atoms with Gasteiger partial charge in [-0.15, -0.1) is 11.3 Å². The molecule has 0 saturated heterocycles. The Morgan fingerprint density at radius 2 is 2.23 bits per heavy atom. The molecule has 0 aliphatic carbocycles. The molecule has 0 unspecified atom stereocenters. The number of halogens is 1. The van der Waals surface area contributed by atoms with Crippen LogP contribution in [-0.4, -0.2) is 17.8 Å². The second-order valence-electron chi connectivity index (χ2n) is 3.12. The Morgan fingerprint density at radius 3 is 2.69 bits per heavy atom. The molecule has 0 aliphatic heterocycles. The molecule has 1 rings (SSSR count). The zero-order valence-corrected chi connectivity index (χ0v) is 9.32. The second kappa shape index (κ2) is 4.96. The largest absolute Gasteiger partial charge is 0.392 e. The van der Waals surface area contributed by atoms with Crippen molar-refractivity contribution in [2.24, 2.45) is 0 Å². The van der Waals surface area contributed by atoms with E-state index in [1.165, 1.54) is 4.88 Å². The summed E-state index contributed by atoms with van der Waals surface area (Å²) in [7, 11) is 0. The molecule has 0 aromatic carbocycles. The quantitative estimate of drug-likeness (QED) is 0.816. The van der Waals surface area contributed by atoms with Gasteiger partial charge >= 0.3 is 0 Å². The van der Waals surface area contributed by atoms with E-state index in [9.17, 15) is 0 Å². The molecule has 0 spiro atoms. The van der Waals surface area contributed by atoms with Gasteiger partial charge in [-0.25, -0.2) is 0 Å². The Bertz CT molecular complexity index is 262. The van der Waals surface area contributed by atoms with E-state index in [0.717, 1.165) is 4.34 Å². The smallest absolute Gasteiger partial charge is 0.0931 e. The van der Waals surface area contributed by atoms with Gasteiger partial charge in [0.05, 0.1) is 10.4 Å². The first-order valence-corrected chi connectivity index (χ1v) is 5.45. The molecule has 13 heavy (non-hydrogen) atoms. The number of nitrogens with one attached hydrogen (secondary N) is 1. The third-order valence-corrected chi connectivity index (χ3v) is 3.15. The monoisotopic (exact) mass is 219 g/mol. The average Bonchev–Trinajstić information content (AvgIpc) is 2.47. The lowest BCUT2D eigenvalue weighted by molar-refractivity contribution is 0.187. The summed E-state index contributed by atoms with van der Waals surface area (Å²) >= 11 is 7.38. The van der Waals surface area contributed by atoms with Crippen molar-refractivity contribution in [2.45, 2.75) is 26.0 Å². The Labute approximate surface area is 87.5 Å². The Balaban J connectivity index is 2.44. The van der Waals surface area contributed by atoms with E-state index in [2.05, 4.69) is 12.2 Å². The maximum Gasteiger partial charge on any atom is 0.0931 e. The standard InChI is InChI=1S/C9H14ClNOS/c1-6(12)5-11-7(2)8-3-4-9(10)13-8/h3-4,6-7,11-12H,5H2,1-2H3/t6-,7-/m0/s1. The fraction of sp³-hybridized carbons (Fsp3) is 0.556. The van der Waals surface area contributed by atoms with E-state index in [0.29, 0.717) is 6.54 Å². The van der Waals surface area contributed by atoms with Gasteiger partial charge in [-0.05, 0) is 26.0 Å². The summed E-state index contributed by atoms with van der Waals surface area (Å²) in [6.45, 7) is 4.43. The third kappa shape index (κ3) is 3.65. The number of aliphatic hydroxyl groups is 1. The van der Waals surface area contributed by atoms with E-state index in [1.807, 2.05) is 12.1 Å². The van der Waals surface area contributed by atoms with E-state index in [1.54, 1.807) is 18.3 Å². The molecule has 0 aliphatic rings. The van der Waals surface area contributed by atoms with Gasteiger partial charge in [-0.2, -0.15) is 0 Å². The number of rotatable bonds is 4. The van der Waals surface area contributed by atoms with Gasteiger partial charge in [0.25, 0.3) is 0 Å². The molecule has 0 amide bonds. The topological polar surface area (TPSA) is 32.3 Å². The maximum absolute atomic E-state index is 9.07. The van der Waals surface area contributed by atoms with Gasteiger partial charge in [-0.1, -0.05) is 11.6 Å². The lowest BCUT2D eigenvalue weighted by atomic mass is 10.2. The van der Waals surface area contributed by atoms with Crippen LogP contribution in [0.15, 0.2) is 12.1 Å². The van der Waals surface area contributed by atoms with E-state index in [-0.39, 0.29) is 12.1 Å². The van der Waals surface area contributed by atoms with Gasteiger partial charge in [0.2, 0.25) is 0 Å². The van der Waals surface area contributed by atoms with Gasteiger partial charge in [0.15, 0.2) is 0 Å². The molecule has 2 nitrogen and oxygen atoms in total. The van der Waals surface area contributed by atoms with Crippen molar-refractivity contribution in [1.29, 1.82) is 0 Å². The Morgan fingerprint density at radius 1 is 1.54 bits per heavy atom. The summed E-state index contributed by atoms with van der Waals surface area (Å²) in [6.07, 6.45) is -0.308. The summed E-state index contributed by atoms with van der Waals surface area (Å²) in [5, 5.41) is 12.3. The normalized spacial score (nSPS) is 15.7. The Hall–Kier alpha value is -0.0900. The minimum absolute atomic E-state index is 0.257. The molecule has 1 aromatic rings. The predicted molar refractivity (Wildman–Crippen MR) is 57.4 cm³/mol. The maximum atomic E-state index is 9.07. The van der Waals surface area contributed by atoms with Gasteiger partial charge in [0, 0.05) is 17.5 Å². The highest BCUT2D eigenvalue weighted by Gasteiger charge is 2.07. The molecule has 74 valence electrons. The SMILES string of the molecule is C[C@H](O)CN[C@@H](C)c1ccc(Cl)s1. The van der Waals surface area contributed by atoms with Crippen LogP contribution < -0.4 is 5.32 Å². The van der Waals surface area contributed by atoms with Crippen LogP contribution in [0.25, 0.3) is 0 Å². The highest BCUT2D eigenvalue weighted by molar-refractivity contribution is 7.16. The minimum atomic E-state index is -0.308. The first kappa shape index (κ1) is 11.0. The van der Waals surface area contributed by atoms with Crippen LogP contribution in [-0.2, 0) is 0 Å². The number of aliphatic hydroxyl groups excluding tert-OH is 1. The molecule has 0 saturated carbocycles. The van der Waals surface area contributed by atoms with E-state index >= 15 is 0 Å². The molecule has 2 N–H and O–H groups in total. The molecule has 0 bridgehead atoms. The first-order valence-electron chi connectivity index (χ1n) is 4.26. The first-order chi connectivity index (χ1) is 6.09.